The molecule has 0 aliphatic heterocycles. The summed E-state index contributed by atoms with van der Waals surface area (Å²) in [5.74, 6) is 2.05. The number of methoxy groups -OCH3 is 2. The van der Waals surface area contributed by atoms with Crippen LogP contribution < -0.4 is 9.47 Å². The summed E-state index contributed by atoms with van der Waals surface area (Å²) in [4.78, 5) is 4.80. The van der Waals surface area contributed by atoms with Crippen LogP contribution in [0.25, 0.3) is 38.9 Å². The Balaban J connectivity index is 1.60. The summed E-state index contributed by atoms with van der Waals surface area (Å²) >= 11 is 0. The molecule has 0 N–H and O–H groups in total. The molecule has 3 aromatic carbocycles. The van der Waals surface area contributed by atoms with E-state index in [0.29, 0.717) is 17.3 Å². The monoisotopic (exact) mass is 381 g/mol. The van der Waals surface area contributed by atoms with Gasteiger partial charge in [-0.25, -0.2) is 9.50 Å². The van der Waals surface area contributed by atoms with Crippen molar-refractivity contribution in [3.63, 3.8) is 0 Å². The van der Waals surface area contributed by atoms with Crippen LogP contribution in [-0.4, -0.2) is 28.8 Å². The van der Waals surface area contributed by atoms with Gasteiger partial charge in [0, 0.05) is 17.1 Å². The summed E-state index contributed by atoms with van der Waals surface area (Å²) in [7, 11) is 3.27. The zero-order valence-corrected chi connectivity index (χ0v) is 16.2. The first-order valence-electron chi connectivity index (χ1n) is 9.34. The molecule has 0 saturated carbocycles. The molecular formula is C24H19N3O2. The van der Waals surface area contributed by atoms with Gasteiger partial charge in [0.1, 0.15) is 0 Å². The first-order chi connectivity index (χ1) is 14.3. The minimum absolute atomic E-state index is 0.671. The Morgan fingerprint density at radius 1 is 0.724 bits per heavy atom. The summed E-state index contributed by atoms with van der Waals surface area (Å²) in [6, 6.07) is 24.5. The largest absolute Gasteiger partial charge is 0.493 e. The summed E-state index contributed by atoms with van der Waals surface area (Å²) in [5.41, 5.74) is 4.11. The summed E-state index contributed by atoms with van der Waals surface area (Å²) < 4.78 is 12.7. The maximum absolute atomic E-state index is 5.46. The zero-order valence-electron chi connectivity index (χ0n) is 16.2. The van der Waals surface area contributed by atoms with Crippen molar-refractivity contribution in [3.8, 4) is 34.0 Å². The third-order valence-corrected chi connectivity index (χ3v) is 5.07. The maximum Gasteiger partial charge on any atom is 0.182 e. The first-order valence-corrected chi connectivity index (χ1v) is 9.34. The van der Waals surface area contributed by atoms with Crippen molar-refractivity contribution in [2.45, 2.75) is 0 Å². The fraction of sp³-hybridized carbons (Fsp3) is 0.0833. The summed E-state index contributed by atoms with van der Waals surface area (Å²) in [5, 5.41) is 6.65. The van der Waals surface area contributed by atoms with Gasteiger partial charge in [0.2, 0.25) is 0 Å². The third-order valence-electron chi connectivity index (χ3n) is 5.07. The van der Waals surface area contributed by atoms with Gasteiger partial charge < -0.3 is 9.47 Å². The second-order valence-electron chi connectivity index (χ2n) is 6.76. The SMILES string of the molecule is COc1cc2ccn3nc(-c4ccc(-c5ccccc5)cc4)nc3c2cc1OC. The van der Waals surface area contributed by atoms with E-state index in [1.807, 2.05) is 42.6 Å². The lowest BCUT2D eigenvalue weighted by molar-refractivity contribution is 0.356. The number of pyridine rings is 1. The molecule has 0 fully saturated rings. The molecule has 0 saturated heterocycles. The second kappa shape index (κ2) is 6.95. The van der Waals surface area contributed by atoms with Crippen molar-refractivity contribution in [2.75, 3.05) is 14.2 Å². The second-order valence-corrected chi connectivity index (χ2v) is 6.76. The van der Waals surface area contributed by atoms with Crippen LogP contribution in [0.15, 0.2) is 79.0 Å². The van der Waals surface area contributed by atoms with Gasteiger partial charge in [-0.2, -0.15) is 0 Å². The Morgan fingerprint density at radius 2 is 1.38 bits per heavy atom. The quantitative estimate of drug-likeness (QED) is 0.427. The molecule has 2 aromatic heterocycles. The fourth-order valence-corrected chi connectivity index (χ4v) is 3.55. The summed E-state index contributed by atoms with van der Waals surface area (Å²) in [6.07, 6.45) is 1.92. The van der Waals surface area contributed by atoms with Crippen LogP contribution in [-0.2, 0) is 0 Å². The standard InChI is InChI=1S/C24H19N3O2/c1-28-21-14-19-12-13-27-24(20(19)15-22(21)29-2)25-23(26-27)18-10-8-17(9-11-18)16-6-4-3-5-7-16/h3-15H,1-2H3. The topological polar surface area (TPSA) is 48.7 Å². The lowest BCUT2D eigenvalue weighted by atomic mass is 10.0. The average Bonchev–Trinajstić information content (AvgIpc) is 3.23. The Bertz CT molecular complexity index is 1310. The molecule has 0 atom stereocenters. The molecule has 2 heterocycles. The van der Waals surface area contributed by atoms with E-state index in [4.69, 9.17) is 14.5 Å². The molecule has 0 spiro atoms. The first kappa shape index (κ1) is 17.3. The van der Waals surface area contributed by atoms with Crippen molar-refractivity contribution in [1.82, 2.24) is 14.6 Å². The van der Waals surface area contributed by atoms with E-state index >= 15 is 0 Å². The maximum atomic E-state index is 5.46. The molecular weight excluding hydrogens is 362 g/mol. The lowest BCUT2D eigenvalue weighted by Crippen LogP contribution is -1.93. The van der Waals surface area contributed by atoms with Gasteiger partial charge in [0.05, 0.1) is 14.2 Å². The molecule has 0 radical (unpaired) electrons. The molecule has 5 heteroatoms. The van der Waals surface area contributed by atoms with Crippen molar-refractivity contribution < 1.29 is 9.47 Å². The van der Waals surface area contributed by atoms with Crippen LogP contribution in [0, 0.1) is 0 Å². The Kier molecular flexibility index (Phi) is 4.13. The van der Waals surface area contributed by atoms with Gasteiger partial charge >= 0.3 is 0 Å². The molecule has 0 bridgehead atoms. The molecule has 5 nitrogen and oxygen atoms in total. The molecule has 0 aliphatic carbocycles. The van der Waals surface area contributed by atoms with Gasteiger partial charge in [-0.1, -0.05) is 54.6 Å². The number of rotatable bonds is 4. The Labute approximate surface area is 168 Å². The molecule has 5 rings (SSSR count). The lowest BCUT2D eigenvalue weighted by Gasteiger charge is -2.09. The highest BCUT2D eigenvalue weighted by Crippen LogP contribution is 2.34. The number of ether oxygens (including phenoxy) is 2. The van der Waals surface area contributed by atoms with Crippen LogP contribution in [0.4, 0.5) is 0 Å². The predicted molar refractivity (Wildman–Crippen MR) is 114 cm³/mol. The Hall–Kier alpha value is -3.86. The van der Waals surface area contributed by atoms with E-state index in [-0.39, 0.29) is 0 Å². The molecule has 142 valence electrons. The third kappa shape index (κ3) is 2.97. The van der Waals surface area contributed by atoms with Crippen molar-refractivity contribution in [3.05, 3.63) is 79.0 Å². The highest BCUT2D eigenvalue weighted by molar-refractivity contribution is 5.96. The summed E-state index contributed by atoms with van der Waals surface area (Å²) in [6.45, 7) is 0. The van der Waals surface area contributed by atoms with Gasteiger partial charge in [-0.3, -0.25) is 0 Å². The molecule has 29 heavy (non-hydrogen) atoms. The number of hydrogen-bond donors (Lipinski definition) is 0. The van der Waals surface area contributed by atoms with Crippen molar-refractivity contribution in [2.24, 2.45) is 0 Å². The molecule has 0 amide bonds. The zero-order chi connectivity index (χ0) is 19.8. The smallest absolute Gasteiger partial charge is 0.182 e. The minimum Gasteiger partial charge on any atom is -0.493 e. The van der Waals surface area contributed by atoms with Crippen molar-refractivity contribution >= 4 is 16.4 Å². The van der Waals surface area contributed by atoms with E-state index in [1.165, 1.54) is 11.1 Å². The predicted octanol–water partition coefficient (Wildman–Crippen LogP) is 5.23. The van der Waals surface area contributed by atoms with E-state index in [0.717, 1.165) is 22.0 Å². The van der Waals surface area contributed by atoms with Gasteiger partial charge in [0.15, 0.2) is 23.0 Å². The number of aromatic nitrogens is 3. The Morgan fingerprint density at radius 3 is 2.10 bits per heavy atom. The average molecular weight is 381 g/mol. The van der Waals surface area contributed by atoms with Crippen LogP contribution >= 0.6 is 0 Å². The number of nitrogens with zero attached hydrogens (tertiary/aromatic N) is 3. The molecule has 0 unspecified atom stereocenters. The highest BCUT2D eigenvalue weighted by Gasteiger charge is 2.13. The van der Waals surface area contributed by atoms with Gasteiger partial charge in [0.25, 0.3) is 0 Å². The normalized spacial score (nSPS) is 11.1. The van der Waals surface area contributed by atoms with Crippen LogP contribution in [0.2, 0.25) is 0 Å². The fourth-order valence-electron chi connectivity index (χ4n) is 3.55. The molecule has 0 aliphatic rings. The van der Waals surface area contributed by atoms with E-state index < -0.39 is 0 Å². The van der Waals surface area contributed by atoms with E-state index in [2.05, 4.69) is 41.5 Å². The van der Waals surface area contributed by atoms with Crippen LogP contribution in [0.3, 0.4) is 0 Å². The minimum atomic E-state index is 0.671. The van der Waals surface area contributed by atoms with E-state index in [1.54, 1.807) is 18.7 Å². The number of fused-ring (bicyclic) bond motifs is 3. The van der Waals surface area contributed by atoms with E-state index in [9.17, 15) is 0 Å². The van der Waals surface area contributed by atoms with Crippen molar-refractivity contribution in [1.29, 1.82) is 0 Å². The number of benzene rings is 3. The number of hydrogen-bond acceptors (Lipinski definition) is 4. The van der Waals surface area contributed by atoms with Crippen LogP contribution in [0.1, 0.15) is 0 Å². The van der Waals surface area contributed by atoms with Gasteiger partial charge in [-0.15, -0.1) is 5.10 Å². The molecule has 5 aromatic rings. The van der Waals surface area contributed by atoms with Gasteiger partial charge in [-0.05, 0) is 34.7 Å². The van der Waals surface area contributed by atoms with Crippen LogP contribution in [0.5, 0.6) is 11.5 Å². The highest BCUT2D eigenvalue weighted by atomic mass is 16.5.